The van der Waals surface area contributed by atoms with Crippen molar-refractivity contribution in [3.8, 4) is 33.8 Å². The minimum Gasteiger partial charge on any atom is -0.492 e. The van der Waals surface area contributed by atoms with E-state index in [9.17, 15) is 24.0 Å². The van der Waals surface area contributed by atoms with E-state index in [4.69, 9.17) is 38.3 Å². The van der Waals surface area contributed by atoms with Crippen molar-refractivity contribution in [2.75, 3.05) is 39.9 Å². The minimum atomic E-state index is -1.16. The van der Waals surface area contributed by atoms with Crippen molar-refractivity contribution in [3.63, 3.8) is 0 Å². The number of unbranched alkanes of at least 4 members (excludes halogenated alkanes) is 1. The lowest BCUT2D eigenvalue weighted by Crippen LogP contribution is -2.45. The van der Waals surface area contributed by atoms with Crippen LogP contribution in [0.25, 0.3) is 22.3 Å². The maximum absolute atomic E-state index is 14.8. The molecule has 4 aromatic rings. The molecule has 1 aliphatic rings. The summed E-state index contributed by atoms with van der Waals surface area (Å²) in [6.45, 7) is 4.36. The first kappa shape index (κ1) is 45.7. The van der Waals surface area contributed by atoms with Crippen LogP contribution < -0.4 is 32.0 Å². The third kappa shape index (κ3) is 11.7. The van der Waals surface area contributed by atoms with Crippen LogP contribution in [0.2, 0.25) is 5.02 Å². The van der Waals surface area contributed by atoms with Crippen molar-refractivity contribution >= 4 is 40.8 Å². The van der Waals surface area contributed by atoms with Crippen LogP contribution in [-0.4, -0.2) is 80.0 Å². The summed E-state index contributed by atoms with van der Waals surface area (Å²) in [5.41, 5.74) is 22.2. The number of hydrogen-bond donors (Lipinski definition) is 4. The zero-order valence-corrected chi connectivity index (χ0v) is 35.3. The van der Waals surface area contributed by atoms with Crippen LogP contribution >= 0.6 is 11.6 Å². The van der Waals surface area contributed by atoms with Crippen molar-refractivity contribution in [2.45, 2.75) is 64.5 Å². The number of hydrogen-bond acceptors (Lipinski definition) is 10. The standard InChI is InChI=1S/C47H56ClN5O7/c1-29-24-42(56)45(53(3)47(58)36(6-4-5-19-49)28-41(55)34-10-8-32(9-11-34)33-12-15-37(48)16-13-33)35-14-18-44(60-23-21-51)39(27-35)38-25-31(7-17-43(38)59-22-20-50)26-40(30(2)54)52-46(29)57/h7-18,25,27,29,36,40,45H,4-6,19-24,26,28,49-51H2,1-3H3,(H,52,57)/t29-,36-,40+,45+/m1/s1. The molecular formula is C47H56ClN5O7. The number of carbonyl (C=O) groups excluding carboxylic acids is 5. The molecule has 0 fully saturated rings. The summed E-state index contributed by atoms with van der Waals surface area (Å²) < 4.78 is 12.2. The molecule has 12 nitrogen and oxygen atoms in total. The minimum absolute atomic E-state index is 0.0913. The van der Waals surface area contributed by atoms with Gasteiger partial charge in [-0.05, 0) is 91.4 Å². The highest BCUT2D eigenvalue weighted by Crippen LogP contribution is 2.41. The topological polar surface area (TPSA) is 197 Å². The number of amides is 2. The lowest BCUT2D eigenvalue weighted by atomic mass is 9.87. The van der Waals surface area contributed by atoms with E-state index < -0.39 is 41.5 Å². The number of halogens is 1. The molecular weight excluding hydrogens is 782 g/mol. The average molecular weight is 838 g/mol. The Morgan fingerprint density at radius 3 is 2.00 bits per heavy atom. The fourth-order valence-corrected chi connectivity index (χ4v) is 7.63. The predicted octanol–water partition coefficient (Wildman–Crippen LogP) is 6.09. The second kappa shape index (κ2) is 21.7. The van der Waals surface area contributed by atoms with Crippen LogP contribution in [0.3, 0.4) is 0 Å². The second-order valence-corrected chi connectivity index (χ2v) is 15.8. The molecule has 13 heteroatoms. The van der Waals surface area contributed by atoms with Crippen LogP contribution in [0.4, 0.5) is 0 Å². The Hall–Kier alpha value is -5.40. The summed E-state index contributed by atoms with van der Waals surface area (Å²) >= 11 is 6.07. The quantitative estimate of drug-likeness (QED) is 0.0713. The molecule has 0 spiro atoms. The molecule has 1 heterocycles. The molecule has 4 aromatic carbocycles. The van der Waals surface area contributed by atoms with Crippen molar-refractivity contribution in [1.29, 1.82) is 0 Å². The summed E-state index contributed by atoms with van der Waals surface area (Å²) in [7, 11) is 1.56. The maximum atomic E-state index is 14.8. The highest BCUT2D eigenvalue weighted by atomic mass is 35.5. The van der Waals surface area contributed by atoms with Crippen molar-refractivity contribution in [3.05, 3.63) is 107 Å². The molecule has 4 atom stereocenters. The maximum Gasteiger partial charge on any atom is 0.226 e. The third-order valence-corrected chi connectivity index (χ3v) is 11.1. The average Bonchev–Trinajstić information content (AvgIpc) is 3.24. The molecule has 1 aliphatic heterocycles. The molecule has 0 aliphatic carbocycles. The van der Waals surface area contributed by atoms with E-state index in [1.807, 2.05) is 36.4 Å². The van der Waals surface area contributed by atoms with Gasteiger partial charge in [-0.25, -0.2) is 0 Å². The van der Waals surface area contributed by atoms with Gasteiger partial charge in [-0.1, -0.05) is 73.5 Å². The molecule has 0 aromatic heterocycles. The molecule has 60 heavy (non-hydrogen) atoms. The highest BCUT2D eigenvalue weighted by molar-refractivity contribution is 6.30. The van der Waals surface area contributed by atoms with E-state index >= 15 is 0 Å². The van der Waals surface area contributed by atoms with Gasteiger partial charge in [0.2, 0.25) is 11.8 Å². The number of carbonyl (C=O) groups is 5. The van der Waals surface area contributed by atoms with E-state index in [0.29, 0.717) is 64.6 Å². The Morgan fingerprint density at radius 1 is 0.800 bits per heavy atom. The van der Waals surface area contributed by atoms with Gasteiger partial charge in [0.25, 0.3) is 0 Å². The lowest BCUT2D eigenvalue weighted by molar-refractivity contribution is -0.142. The Morgan fingerprint density at radius 2 is 1.40 bits per heavy atom. The Bertz CT molecular complexity index is 2140. The summed E-state index contributed by atoms with van der Waals surface area (Å²) in [6.07, 6.45) is 1.48. The van der Waals surface area contributed by atoms with Crippen LogP contribution in [-0.2, 0) is 25.6 Å². The molecule has 0 unspecified atom stereocenters. The largest absolute Gasteiger partial charge is 0.492 e. The molecule has 0 saturated carbocycles. The van der Waals surface area contributed by atoms with Crippen LogP contribution in [0, 0.1) is 11.8 Å². The Kier molecular flexibility index (Phi) is 16.5. The van der Waals surface area contributed by atoms with Gasteiger partial charge in [0.15, 0.2) is 17.3 Å². The molecule has 5 rings (SSSR count). The normalized spacial score (nSPS) is 17.2. The van der Waals surface area contributed by atoms with E-state index in [1.54, 1.807) is 62.5 Å². The third-order valence-electron chi connectivity index (χ3n) is 10.8. The number of fused-ring (bicyclic) bond motifs is 5. The van der Waals surface area contributed by atoms with Crippen molar-refractivity contribution in [2.24, 2.45) is 29.0 Å². The first-order valence-corrected chi connectivity index (χ1v) is 20.8. The molecule has 2 amide bonds. The zero-order valence-electron chi connectivity index (χ0n) is 34.6. The van der Waals surface area contributed by atoms with Gasteiger partial charge in [-0.3, -0.25) is 24.0 Å². The summed E-state index contributed by atoms with van der Waals surface area (Å²) in [5.74, 6) is -2.39. The van der Waals surface area contributed by atoms with Crippen LogP contribution in [0.15, 0.2) is 84.9 Å². The number of benzene rings is 4. The van der Waals surface area contributed by atoms with Gasteiger partial charge in [0.05, 0.1) is 6.04 Å². The van der Waals surface area contributed by atoms with Gasteiger partial charge < -0.3 is 36.9 Å². The Labute approximate surface area is 357 Å². The molecule has 4 bridgehead atoms. The first-order valence-electron chi connectivity index (χ1n) is 20.5. The number of ketones is 3. The molecule has 0 radical (unpaired) electrons. The number of ether oxygens (including phenoxy) is 2. The van der Waals surface area contributed by atoms with Gasteiger partial charge in [0.1, 0.15) is 30.8 Å². The fraction of sp³-hybridized carbons (Fsp3) is 0.383. The van der Waals surface area contributed by atoms with Crippen molar-refractivity contribution in [1.82, 2.24) is 10.2 Å². The van der Waals surface area contributed by atoms with Crippen molar-refractivity contribution < 1.29 is 33.4 Å². The van der Waals surface area contributed by atoms with Crippen LogP contribution in [0.1, 0.15) is 73.5 Å². The molecule has 7 N–H and O–H groups in total. The second-order valence-electron chi connectivity index (χ2n) is 15.4. The predicted molar refractivity (Wildman–Crippen MR) is 234 cm³/mol. The SMILES string of the molecule is CC(=O)[C@@H]1Cc2ccc(OCCN)c(c2)-c2cc(ccc2OCCN)[C@H](N(C)C(=O)[C@H](CCCCN)CC(=O)c2ccc(-c3ccc(Cl)cc3)cc2)C(=O)C[C@@H](C)C(=O)N1. The van der Waals surface area contributed by atoms with Gasteiger partial charge in [0, 0.05) is 66.5 Å². The number of nitrogens with two attached hydrogens (primary N) is 3. The number of nitrogens with one attached hydrogen (secondary N) is 1. The lowest BCUT2D eigenvalue weighted by Gasteiger charge is -2.32. The number of nitrogens with zero attached hydrogens (tertiary/aromatic N) is 1. The number of rotatable bonds is 17. The van der Waals surface area contributed by atoms with E-state index in [1.165, 1.54) is 11.8 Å². The van der Waals surface area contributed by atoms with Crippen LogP contribution in [0.5, 0.6) is 11.5 Å². The summed E-state index contributed by atoms with van der Waals surface area (Å²) in [5, 5.41) is 3.47. The van der Waals surface area contributed by atoms with Gasteiger partial charge in [-0.2, -0.15) is 0 Å². The van der Waals surface area contributed by atoms with Gasteiger partial charge in [-0.15, -0.1) is 0 Å². The molecule has 0 saturated heterocycles. The van der Waals surface area contributed by atoms with E-state index in [-0.39, 0.29) is 57.1 Å². The summed E-state index contributed by atoms with van der Waals surface area (Å²) in [4.78, 5) is 71.1. The smallest absolute Gasteiger partial charge is 0.226 e. The number of Topliss-reactive ketones (excluding diaryl/α,β-unsaturated/α-hetero) is 3. The first-order chi connectivity index (χ1) is 28.8. The number of likely N-dealkylation sites (N-methyl/N-ethyl adjacent to an activating group) is 1. The highest BCUT2D eigenvalue weighted by Gasteiger charge is 2.36. The van der Waals surface area contributed by atoms with Gasteiger partial charge >= 0.3 is 0 Å². The zero-order chi connectivity index (χ0) is 43.3. The fourth-order valence-electron chi connectivity index (χ4n) is 7.51. The summed E-state index contributed by atoms with van der Waals surface area (Å²) in [6, 6.07) is 23.3. The monoisotopic (exact) mass is 837 g/mol. The van der Waals surface area contributed by atoms with E-state index in [2.05, 4.69) is 5.32 Å². The van der Waals surface area contributed by atoms with E-state index in [0.717, 1.165) is 16.7 Å². The Balaban J connectivity index is 1.57. The molecule has 318 valence electrons.